The highest BCUT2D eigenvalue weighted by Gasteiger charge is 2.27. The zero-order valence-corrected chi connectivity index (χ0v) is 18.6. The summed E-state index contributed by atoms with van der Waals surface area (Å²) in [4.78, 5) is 35.7. The Hall–Kier alpha value is -2.22. The van der Waals surface area contributed by atoms with Crippen molar-refractivity contribution in [3.63, 3.8) is 0 Å². The van der Waals surface area contributed by atoms with Crippen molar-refractivity contribution in [3.05, 3.63) is 35.4 Å². The van der Waals surface area contributed by atoms with E-state index in [9.17, 15) is 24.1 Å². The molecule has 0 aliphatic rings. The fourth-order valence-electron chi connectivity index (χ4n) is 2.70. The maximum Gasteiger partial charge on any atom is 0.335 e. The summed E-state index contributed by atoms with van der Waals surface area (Å²) in [7, 11) is -3.27. The monoisotopic (exact) mass is 443 g/mol. The summed E-state index contributed by atoms with van der Waals surface area (Å²) in [5.74, 6) is -3.04. The van der Waals surface area contributed by atoms with Crippen LogP contribution in [0.3, 0.4) is 0 Å². The highest BCUT2D eigenvalue weighted by molar-refractivity contribution is 7.53. The summed E-state index contributed by atoms with van der Waals surface area (Å²) >= 11 is 0. The fraction of sp³-hybridized carbons (Fsp3) is 0.550. The molecular weight excluding hydrogens is 413 g/mol. The number of aliphatic carboxylic acids is 1. The minimum atomic E-state index is -3.27. The Morgan fingerprint density at radius 1 is 1.03 bits per heavy atom. The average molecular weight is 443 g/mol. The predicted molar refractivity (Wildman–Crippen MR) is 110 cm³/mol. The third-order valence-corrected chi connectivity index (χ3v) is 6.18. The lowest BCUT2D eigenvalue weighted by molar-refractivity contribution is -0.148. The highest BCUT2D eigenvalue weighted by atomic mass is 31.2. The van der Waals surface area contributed by atoms with E-state index < -0.39 is 37.4 Å². The van der Waals surface area contributed by atoms with Crippen molar-refractivity contribution >= 4 is 25.4 Å². The smallest absolute Gasteiger partial charge is 0.335 e. The largest absolute Gasteiger partial charge is 0.480 e. The first-order chi connectivity index (χ1) is 14.2. The van der Waals surface area contributed by atoms with Crippen molar-refractivity contribution in [3.8, 4) is 0 Å². The molecule has 9 nitrogen and oxygen atoms in total. The van der Waals surface area contributed by atoms with Crippen LogP contribution in [0.5, 0.6) is 0 Å². The lowest BCUT2D eigenvalue weighted by Crippen LogP contribution is -2.42. The number of esters is 1. The molecule has 0 heterocycles. The number of benzene rings is 1. The number of carboxylic acids is 1. The first kappa shape index (κ1) is 25.8. The molecule has 1 aromatic rings. The maximum atomic E-state index is 12.6. The number of nitrogens with one attached hydrogen (secondary N) is 1. The van der Waals surface area contributed by atoms with E-state index >= 15 is 0 Å². The zero-order valence-electron chi connectivity index (χ0n) is 17.8. The van der Waals surface area contributed by atoms with Gasteiger partial charge in [-0.3, -0.25) is 14.2 Å². The highest BCUT2D eigenvalue weighted by Crippen LogP contribution is 2.51. The van der Waals surface area contributed by atoms with Crippen LogP contribution in [0.2, 0.25) is 0 Å². The SMILES string of the molecule is CCOC(=O)[C@@H](C)C[C@H](NC(=O)c1ccc(CP(=O)(OCC)OCC)cc1)C(=O)O. The van der Waals surface area contributed by atoms with Gasteiger partial charge in [0.15, 0.2) is 0 Å². The molecule has 0 spiro atoms. The molecule has 30 heavy (non-hydrogen) atoms. The quantitative estimate of drug-likeness (QED) is 0.351. The van der Waals surface area contributed by atoms with E-state index in [0.717, 1.165) is 0 Å². The topological polar surface area (TPSA) is 128 Å². The van der Waals surface area contributed by atoms with Gasteiger partial charge in [0.05, 0.1) is 31.9 Å². The molecule has 2 N–H and O–H groups in total. The van der Waals surface area contributed by atoms with Crippen LogP contribution in [0, 0.1) is 5.92 Å². The third kappa shape index (κ3) is 8.26. The number of carbonyl (C=O) groups excluding carboxylic acids is 2. The van der Waals surface area contributed by atoms with E-state index in [4.69, 9.17) is 13.8 Å². The van der Waals surface area contributed by atoms with Gasteiger partial charge in [0.25, 0.3) is 5.91 Å². The van der Waals surface area contributed by atoms with E-state index in [-0.39, 0.29) is 38.0 Å². The molecule has 10 heteroatoms. The van der Waals surface area contributed by atoms with Gasteiger partial charge in [0.1, 0.15) is 6.04 Å². The third-order valence-electron chi connectivity index (χ3n) is 4.13. The molecular formula is C20H30NO8P. The predicted octanol–water partition coefficient (Wildman–Crippen LogP) is 3.23. The van der Waals surface area contributed by atoms with Gasteiger partial charge in [-0.25, -0.2) is 4.79 Å². The molecule has 0 aliphatic carbocycles. The first-order valence-electron chi connectivity index (χ1n) is 9.83. The standard InChI is InChI=1S/C20H30NO8P/c1-5-27-20(25)14(4)12-17(19(23)24)21-18(22)16-10-8-15(9-11-16)13-30(26,28-6-2)29-7-3/h8-11,14,17H,5-7,12-13H2,1-4H3,(H,21,22)(H,23,24)/t14-,17-/m0/s1. The van der Waals surface area contributed by atoms with Gasteiger partial charge in [0.2, 0.25) is 0 Å². The van der Waals surface area contributed by atoms with Crippen molar-refractivity contribution in [1.29, 1.82) is 0 Å². The fourth-order valence-corrected chi connectivity index (χ4v) is 4.41. The van der Waals surface area contributed by atoms with E-state index in [0.29, 0.717) is 5.56 Å². The number of carbonyl (C=O) groups is 3. The molecule has 1 aromatic carbocycles. The number of amides is 1. The second-order valence-corrected chi connectivity index (χ2v) is 8.61. The Morgan fingerprint density at radius 2 is 1.60 bits per heavy atom. The van der Waals surface area contributed by atoms with Crippen molar-refractivity contribution in [2.45, 2.75) is 46.3 Å². The molecule has 168 valence electrons. The van der Waals surface area contributed by atoms with Crippen molar-refractivity contribution < 1.29 is 37.8 Å². The Balaban J connectivity index is 2.81. The normalized spacial score (nSPS) is 13.3. The van der Waals surface area contributed by atoms with Gasteiger partial charge < -0.3 is 24.2 Å². The first-order valence-corrected chi connectivity index (χ1v) is 11.6. The van der Waals surface area contributed by atoms with E-state index in [2.05, 4.69) is 5.32 Å². The van der Waals surface area contributed by atoms with Crippen LogP contribution in [0.15, 0.2) is 24.3 Å². The second-order valence-electron chi connectivity index (χ2n) is 6.55. The summed E-state index contributed by atoms with van der Waals surface area (Å²) < 4.78 is 28.0. The van der Waals surface area contributed by atoms with Crippen LogP contribution < -0.4 is 5.32 Å². The molecule has 0 aromatic heterocycles. The summed E-state index contributed by atoms with van der Waals surface area (Å²) in [6.07, 6.45) is -0.0325. The van der Waals surface area contributed by atoms with Gasteiger partial charge in [0, 0.05) is 5.56 Å². The van der Waals surface area contributed by atoms with Crippen LogP contribution in [0.4, 0.5) is 0 Å². The van der Waals surface area contributed by atoms with Gasteiger partial charge in [-0.1, -0.05) is 19.1 Å². The molecule has 0 aliphatic heterocycles. The minimum absolute atomic E-state index is 0.0609. The second kappa shape index (κ2) is 12.5. The van der Waals surface area contributed by atoms with E-state index in [1.54, 1.807) is 39.8 Å². The van der Waals surface area contributed by atoms with Crippen molar-refractivity contribution in [1.82, 2.24) is 5.32 Å². The number of carboxylic acid groups (broad SMARTS) is 1. The number of ether oxygens (including phenoxy) is 1. The molecule has 0 radical (unpaired) electrons. The van der Waals surface area contributed by atoms with Gasteiger partial charge in [-0.2, -0.15) is 0 Å². The molecule has 0 saturated heterocycles. The lowest BCUT2D eigenvalue weighted by Gasteiger charge is -2.18. The molecule has 0 fully saturated rings. The molecule has 1 amide bonds. The van der Waals surface area contributed by atoms with Crippen LogP contribution in [-0.4, -0.2) is 48.8 Å². The molecule has 0 saturated carbocycles. The molecule has 2 atom stereocenters. The Kier molecular flexibility index (Phi) is 10.7. The zero-order chi connectivity index (χ0) is 22.7. The minimum Gasteiger partial charge on any atom is -0.480 e. The van der Waals surface area contributed by atoms with Crippen LogP contribution >= 0.6 is 7.60 Å². The van der Waals surface area contributed by atoms with Crippen molar-refractivity contribution in [2.75, 3.05) is 19.8 Å². The van der Waals surface area contributed by atoms with Gasteiger partial charge >= 0.3 is 19.5 Å². The Morgan fingerprint density at radius 3 is 2.07 bits per heavy atom. The number of hydrogen-bond acceptors (Lipinski definition) is 7. The molecule has 1 rings (SSSR count). The van der Waals surface area contributed by atoms with Crippen LogP contribution in [0.1, 0.15) is 50.0 Å². The van der Waals surface area contributed by atoms with Gasteiger partial charge in [-0.15, -0.1) is 0 Å². The summed E-state index contributed by atoms with van der Waals surface area (Å²) in [6.45, 7) is 7.34. The maximum absolute atomic E-state index is 12.6. The van der Waals surface area contributed by atoms with Crippen molar-refractivity contribution in [2.24, 2.45) is 5.92 Å². The van der Waals surface area contributed by atoms with E-state index in [1.807, 2.05) is 0 Å². The van der Waals surface area contributed by atoms with Crippen LogP contribution in [0.25, 0.3) is 0 Å². The Bertz CT molecular complexity index is 755. The average Bonchev–Trinajstić information content (AvgIpc) is 2.68. The summed E-state index contributed by atoms with van der Waals surface area (Å²) in [6, 6.07) is 4.97. The Labute approximate surface area is 176 Å². The summed E-state index contributed by atoms with van der Waals surface area (Å²) in [5.41, 5.74) is 0.888. The number of hydrogen-bond donors (Lipinski definition) is 2. The van der Waals surface area contributed by atoms with Crippen LogP contribution in [-0.2, 0) is 34.1 Å². The number of rotatable bonds is 13. The molecule has 0 unspecified atom stereocenters. The van der Waals surface area contributed by atoms with E-state index in [1.165, 1.54) is 12.1 Å². The molecule has 0 bridgehead atoms. The summed E-state index contributed by atoms with van der Waals surface area (Å²) in [5, 5.41) is 11.8. The lowest BCUT2D eigenvalue weighted by atomic mass is 10.0. The van der Waals surface area contributed by atoms with Gasteiger partial charge in [-0.05, 0) is 44.9 Å².